The molecule has 0 bridgehead atoms. The highest BCUT2D eigenvalue weighted by atomic mass is 16.5. The minimum atomic E-state index is -0.0180. The van der Waals surface area contributed by atoms with Crippen LogP contribution in [0.3, 0.4) is 0 Å². The van der Waals surface area contributed by atoms with Crippen LogP contribution in [0.2, 0.25) is 0 Å². The second kappa shape index (κ2) is 8.20. The fourth-order valence-electron chi connectivity index (χ4n) is 3.14. The first kappa shape index (κ1) is 18.9. The molecule has 0 atom stereocenters. The van der Waals surface area contributed by atoms with Crippen LogP contribution in [0.1, 0.15) is 40.1 Å². The maximum absolute atomic E-state index is 12.8. The fraction of sp³-hybridized carbons (Fsp3) is 0.381. The molecule has 0 saturated carbocycles. The fourth-order valence-corrected chi connectivity index (χ4v) is 3.14. The molecule has 6 nitrogen and oxygen atoms in total. The number of piperazine rings is 1. The first-order valence-electron chi connectivity index (χ1n) is 9.21. The number of rotatable bonds is 4. The summed E-state index contributed by atoms with van der Waals surface area (Å²) >= 11 is 0. The number of benzene rings is 1. The van der Waals surface area contributed by atoms with Crippen molar-refractivity contribution in [2.24, 2.45) is 0 Å². The lowest BCUT2D eigenvalue weighted by Gasteiger charge is -2.35. The first-order valence-corrected chi connectivity index (χ1v) is 9.21. The maximum atomic E-state index is 12.8. The van der Waals surface area contributed by atoms with E-state index in [1.54, 1.807) is 34.3 Å². The van der Waals surface area contributed by atoms with E-state index in [0.29, 0.717) is 37.3 Å². The van der Waals surface area contributed by atoms with Gasteiger partial charge in [-0.25, -0.2) is 0 Å². The Morgan fingerprint density at radius 2 is 1.48 bits per heavy atom. The molecule has 2 aromatic rings. The summed E-state index contributed by atoms with van der Waals surface area (Å²) in [5.41, 5.74) is 2.22. The smallest absolute Gasteiger partial charge is 0.254 e. The van der Waals surface area contributed by atoms with Gasteiger partial charge in [0.05, 0.1) is 6.10 Å². The number of nitrogens with zero attached hydrogens (tertiary/aromatic N) is 3. The van der Waals surface area contributed by atoms with E-state index in [1.807, 2.05) is 39.0 Å². The van der Waals surface area contributed by atoms with E-state index in [1.165, 1.54) is 0 Å². The zero-order valence-electron chi connectivity index (χ0n) is 16.0. The molecule has 6 heteroatoms. The molecule has 1 aliphatic rings. The highest BCUT2D eigenvalue weighted by molar-refractivity contribution is 5.96. The minimum Gasteiger partial charge on any atom is -0.491 e. The molecule has 0 spiro atoms. The summed E-state index contributed by atoms with van der Waals surface area (Å²) in [6.45, 7) is 8.01. The molecule has 0 aliphatic carbocycles. The van der Waals surface area contributed by atoms with Gasteiger partial charge >= 0.3 is 0 Å². The average molecular weight is 367 g/mol. The zero-order chi connectivity index (χ0) is 19.4. The number of carbonyl (C=O) groups is 2. The summed E-state index contributed by atoms with van der Waals surface area (Å²) in [5.74, 6) is 0.773. The van der Waals surface area contributed by atoms with Gasteiger partial charge in [-0.2, -0.15) is 0 Å². The Labute approximate surface area is 159 Å². The number of aromatic nitrogens is 1. The highest BCUT2D eigenvalue weighted by Crippen LogP contribution is 2.22. The van der Waals surface area contributed by atoms with Crippen LogP contribution >= 0.6 is 0 Å². The van der Waals surface area contributed by atoms with E-state index in [4.69, 9.17) is 4.74 Å². The van der Waals surface area contributed by atoms with Gasteiger partial charge in [0.2, 0.25) is 0 Å². The molecule has 2 heterocycles. The number of ether oxygens (including phenoxy) is 1. The minimum absolute atomic E-state index is 0.00907. The van der Waals surface area contributed by atoms with Crippen molar-refractivity contribution in [2.45, 2.75) is 26.9 Å². The summed E-state index contributed by atoms with van der Waals surface area (Å²) in [6, 6.07) is 8.95. The Hall–Kier alpha value is -2.89. The molecule has 0 unspecified atom stereocenters. The molecule has 142 valence electrons. The van der Waals surface area contributed by atoms with Gasteiger partial charge in [0, 0.05) is 49.7 Å². The van der Waals surface area contributed by atoms with Crippen LogP contribution in [-0.4, -0.2) is 58.9 Å². The molecule has 1 aliphatic heterocycles. The topological polar surface area (TPSA) is 62.7 Å². The van der Waals surface area contributed by atoms with Crippen molar-refractivity contribution in [1.29, 1.82) is 0 Å². The lowest BCUT2D eigenvalue weighted by atomic mass is 10.1. The van der Waals surface area contributed by atoms with Gasteiger partial charge in [0.15, 0.2) is 0 Å². The molecule has 27 heavy (non-hydrogen) atoms. The van der Waals surface area contributed by atoms with Gasteiger partial charge in [-0.15, -0.1) is 0 Å². The second-order valence-corrected chi connectivity index (χ2v) is 6.97. The van der Waals surface area contributed by atoms with Gasteiger partial charge in [-0.3, -0.25) is 14.6 Å². The molecule has 3 rings (SSSR count). The van der Waals surface area contributed by atoms with Crippen molar-refractivity contribution >= 4 is 11.8 Å². The molecular formula is C21H25N3O3. The molecule has 0 radical (unpaired) electrons. The van der Waals surface area contributed by atoms with Crippen molar-refractivity contribution in [3.63, 3.8) is 0 Å². The molecule has 1 saturated heterocycles. The summed E-state index contributed by atoms with van der Waals surface area (Å²) < 4.78 is 5.73. The lowest BCUT2D eigenvalue weighted by molar-refractivity contribution is 0.0535. The predicted molar refractivity (Wildman–Crippen MR) is 103 cm³/mol. The third kappa shape index (κ3) is 4.45. The number of hydrogen-bond acceptors (Lipinski definition) is 4. The molecule has 2 amide bonds. The Kier molecular flexibility index (Phi) is 5.74. The number of aryl methyl sites for hydroxylation is 1. The molecule has 1 fully saturated rings. The van der Waals surface area contributed by atoms with E-state index in [9.17, 15) is 9.59 Å². The van der Waals surface area contributed by atoms with Crippen molar-refractivity contribution in [1.82, 2.24) is 14.8 Å². The first-order chi connectivity index (χ1) is 13.0. The van der Waals surface area contributed by atoms with Gasteiger partial charge in [0.25, 0.3) is 11.8 Å². The van der Waals surface area contributed by atoms with E-state index >= 15 is 0 Å². The number of carbonyl (C=O) groups excluding carboxylic acids is 2. The Morgan fingerprint density at radius 1 is 0.926 bits per heavy atom. The average Bonchev–Trinajstić information content (AvgIpc) is 2.69. The Morgan fingerprint density at radius 3 is 2.00 bits per heavy atom. The summed E-state index contributed by atoms with van der Waals surface area (Å²) in [7, 11) is 0. The number of hydrogen-bond donors (Lipinski definition) is 0. The number of pyridine rings is 1. The SMILES string of the molecule is Cc1cc(C(=O)N2CCN(C(=O)c3ccncc3)CC2)ccc1OC(C)C. The van der Waals surface area contributed by atoms with Crippen LogP contribution in [0.25, 0.3) is 0 Å². The Balaban J connectivity index is 1.61. The quantitative estimate of drug-likeness (QED) is 0.834. The van der Waals surface area contributed by atoms with Crippen LogP contribution in [0.4, 0.5) is 0 Å². The van der Waals surface area contributed by atoms with E-state index in [-0.39, 0.29) is 17.9 Å². The number of amides is 2. The molecule has 0 N–H and O–H groups in total. The second-order valence-electron chi connectivity index (χ2n) is 6.97. The van der Waals surface area contributed by atoms with Gasteiger partial charge in [-0.05, 0) is 56.7 Å². The van der Waals surface area contributed by atoms with E-state index in [2.05, 4.69) is 4.98 Å². The third-order valence-electron chi connectivity index (χ3n) is 4.57. The van der Waals surface area contributed by atoms with Crippen molar-refractivity contribution in [3.8, 4) is 5.75 Å². The molecule has 1 aromatic heterocycles. The normalized spacial score (nSPS) is 14.4. The van der Waals surface area contributed by atoms with Gasteiger partial charge in [-0.1, -0.05) is 0 Å². The van der Waals surface area contributed by atoms with E-state index in [0.717, 1.165) is 11.3 Å². The summed E-state index contributed by atoms with van der Waals surface area (Å²) in [4.78, 5) is 32.8. The van der Waals surface area contributed by atoms with E-state index < -0.39 is 0 Å². The molecular weight excluding hydrogens is 342 g/mol. The standard InChI is InChI=1S/C21H25N3O3/c1-15(2)27-19-5-4-18(14-16(19)3)21(26)24-12-10-23(11-13-24)20(25)17-6-8-22-9-7-17/h4-9,14-15H,10-13H2,1-3H3. The van der Waals surface area contributed by atoms with Gasteiger partial charge < -0.3 is 14.5 Å². The monoisotopic (exact) mass is 367 g/mol. The Bertz CT molecular complexity index is 813. The summed E-state index contributed by atoms with van der Waals surface area (Å²) in [5, 5.41) is 0. The largest absolute Gasteiger partial charge is 0.491 e. The maximum Gasteiger partial charge on any atom is 0.254 e. The van der Waals surface area contributed by atoms with Crippen LogP contribution in [0.5, 0.6) is 5.75 Å². The lowest BCUT2D eigenvalue weighted by Crippen LogP contribution is -2.50. The van der Waals surface area contributed by atoms with Crippen LogP contribution in [0.15, 0.2) is 42.7 Å². The van der Waals surface area contributed by atoms with Crippen LogP contribution in [0, 0.1) is 6.92 Å². The molecule has 1 aromatic carbocycles. The van der Waals surface area contributed by atoms with Gasteiger partial charge in [0.1, 0.15) is 5.75 Å². The third-order valence-corrected chi connectivity index (χ3v) is 4.57. The zero-order valence-corrected chi connectivity index (χ0v) is 16.0. The van der Waals surface area contributed by atoms with Crippen molar-refractivity contribution in [3.05, 3.63) is 59.4 Å². The van der Waals surface area contributed by atoms with Crippen LogP contribution < -0.4 is 4.74 Å². The highest BCUT2D eigenvalue weighted by Gasteiger charge is 2.25. The van der Waals surface area contributed by atoms with Crippen molar-refractivity contribution < 1.29 is 14.3 Å². The predicted octanol–water partition coefficient (Wildman–Crippen LogP) is 2.78. The van der Waals surface area contributed by atoms with Crippen molar-refractivity contribution in [2.75, 3.05) is 26.2 Å². The van der Waals surface area contributed by atoms with Crippen LogP contribution in [-0.2, 0) is 0 Å². The summed E-state index contributed by atoms with van der Waals surface area (Å²) in [6.07, 6.45) is 3.32.